The summed E-state index contributed by atoms with van der Waals surface area (Å²) in [5.74, 6) is 1.48. The number of carbonyl (C=O) groups is 1. The zero-order chi connectivity index (χ0) is 20.1. The third-order valence-corrected chi connectivity index (χ3v) is 7.09. The van der Waals surface area contributed by atoms with Gasteiger partial charge in [0.05, 0.1) is 18.7 Å². The molecule has 1 aliphatic carbocycles. The SMILES string of the molecule is CCc1ccccc1C1=NCc2nnc(C)n2-c2sc3c(c21)CC(C(=O)OC)C3. The van der Waals surface area contributed by atoms with Gasteiger partial charge in [0, 0.05) is 16.0 Å². The van der Waals surface area contributed by atoms with Crippen molar-refractivity contribution in [3.8, 4) is 5.00 Å². The lowest BCUT2D eigenvalue weighted by molar-refractivity contribution is -0.145. The maximum Gasteiger partial charge on any atom is 0.309 e. The predicted molar refractivity (Wildman–Crippen MR) is 112 cm³/mol. The summed E-state index contributed by atoms with van der Waals surface area (Å²) in [6.45, 7) is 4.64. The van der Waals surface area contributed by atoms with Crippen LogP contribution in [0.5, 0.6) is 0 Å². The second-order valence-corrected chi connectivity index (χ2v) is 8.57. The molecule has 0 spiro atoms. The van der Waals surface area contributed by atoms with E-state index in [9.17, 15) is 4.79 Å². The number of fused-ring (bicyclic) bond motifs is 5. The number of carbonyl (C=O) groups excluding carboxylic acids is 1. The Morgan fingerprint density at radius 2 is 2.10 bits per heavy atom. The topological polar surface area (TPSA) is 69.4 Å². The Balaban J connectivity index is 1.74. The van der Waals surface area contributed by atoms with Crippen molar-refractivity contribution in [3.63, 3.8) is 0 Å². The first-order chi connectivity index (χ1) is 14.1. The number of thiophene rings is 1. The fraction of sp³-hybridized carbons (Fsp3) is 0.364. The van der Waals surface area contributed by atoms with Crippen LogP contribution < -0.4 is 0 Å². The number of hydrogen-bond acceptors (Lipinski definition) is 6. The van der Waals surface area contributed by atoms with Crippen LogP contribution in [0.3, 0.4) is 0 Å². The Labute approximate surface area is 173 Å². The molecule has 1 atom stereocenters. The molecule has 0 bridgehead atoms. The van der Waals surface area contributed by atoms with Crippen molar-refractivity contribution in [1.29, 1.82) is 0 Å². The molecule has 7 heteroatoms. The summed E-state index contributed by atoms with van der Waals surface area (Å²) >= 11 is 1.74. The average molecular weight is 407 g/mol. The highest BCUT2D eigenvalue weighted by molar-refractivity contribution is 7.15. The standard InChI is InChI=1S/C22H22N4O2S/c1-4-13-7-5-6-8-15(13)20-19-16-9-14(22(27)28-3)10-17(16)29-21(19)26-12(2)24-25-18(26)11-23-20/h5-8,14H,4,9-11H2,1-3H3. The zero-order valence-corrected chi connectivity index (χ0v) is 17.5. The number of esters is 1. The van der Waals surface area contributed by atoms with Crippen molar-refractivity contribution < 1.29 is 9.53 Å². The molecule has 6 nitrogen and oxygen atoms in total. The number of aromatic nitrogens is 3. The van der Waals surface area contributed by atoms with Crippen LogP contribution in [-0.2, 0) is 35.3 Å². The second-order valence-electron chi connectivity index (χ2n) is 7.49. The summed E-state index contributed by atoms with van der Waals surface area (Å²) in [6, 6.07) is 8.46. The van der Waals surface area contributed by atoms with Crippen LogP contribution in [0.15, 0.2) is 29.3 Å². The number of benzene rings is 1. The van der Waals surface area contributed by atoms with Crippen LogP contribution in [0.25, 0.3) is 5.00 Å². The van der Waals surface area contributed by atoms with Crippen molar-refractivity contribution in [1.82, 2.24) is 14.8 Å². The maximum absolute atomic E-state index is 12.2. The van der Waals surface area contributed by atoms with Gasteiger partial charge in [0.2, 0.25) is 0 Å². The molecule has 5 rings (SSSR count). The van der Waals surface area contributed by atoms with E-state index in [0.29, 0.717) is 13.0 Å². The summed E-state index contributed by atoms with van der Waals surface area (Å²) in [7, 11) is 1.46. The molecular formula is C22H22N4O2S. The van der Waals surface area contributed by atoms with Gasteiger partial charge in [-0.2, -0.15) is 0 Å². The van der Waals surface area contributed by atoms with E-state index in [1.54, 1.807) is 11.3 Å². The summed E-state index contributed by atoms with van der Waals surface area (Å²) in [6.07, 6.45) is 2.35. The summed E-state index contributed by atoms with van der Waals surface area (Å²) in [5.41, 5.74) is 5.80. The van der Waals surface area contributed by atoms with E-state index in [1.807, 2.05) is 6.92 Å². The van der Waals surface area contributed by atoms with Crippen molar-refractivity contribution in [2.24, 2.45) is 10.9 Å². The van der Waals surface area contributed by atoms with Gasteiger partial charge >= 0.3 is 5.97 Å². The molecule has 148 valence electrons. The second kappa shape index (κ2) is 6.91. The maximum atomic E-state index is 12.2. The van der Waals surface area contributed by atoms with Crippen LogP contribution in [-0.4, -0.2) is 33.6 Å². The highest BCUT2D eigenvalue weighted by Gasteiger charge is 2.37. The van der Waals surface area contributed by atoms with E-state index in [0.717, 1.165) is 46.3 Å². The molecule has 1 aromatic carbocycles. The van der Waals surface area contributed by atoms with Gasteiger partial charge < -0.3 is 4.74 Å². The van der Waals surface area contributed by atoms with E-state index in [4.69, 9.17) is 9.73 Å². The van der Waals surface area contributed by atoms with E-state index in [1.165, 1.54) is 23.1 Å². The molecule has 0 saturated carbocycles. The lowest BCUT2D eigenvalue weighted by Crippen LogP contribution is -2.17. The highest BCUT2D eigenvalue weighted by atomic mass is 32.1. The fourth-order valence-electron chi connectivity index (χ4n) is 4.44. The average Bonchev–Trinajstić information content (AvgIpc) is 3.38. The molecule has 0 saturated heterocycles. The molecule has 3 aromatic rings. The smallest absolute Gasteiger partial charge is 0.309 e. The van der Waals surface area contributed by atoms with Crippen molar-refractivity contribution in [2.75, 3.05) is 7.11 Å². The Hall–Kier alpha value is -2.80. The highest BCUT2D eigenvalue weighted by Crippen LogP contribution is 2.43. The lowest BCUT2D eigenvalue weighted by atomic mass is 9.93. The number of nitrogens with zero attached hydrogens (tertiary/aromatic N) is 4. The van der Waals surface area contributed by atoms with Gasteiger partial charge in [-0.15, -0.1) is 21.5 Å². The molecule has 0 N–H and O–H groups in total. The first-order valence-electron chi connectivity index (χ1n) is 9.89. The quantitative estimate of drug-likeness (QED) is 0.625. The molecule has 3 heterocycles. The summed E-state index contributed by atoms with van der Waals surface area (Å²) < 4.78 is 7.16. The molecule has 2 aromatic heterocycles. The van der Waals surface area contributed by atoms with Crippen LogP contribution in [0, 0.1) is 12.8 Å². The number of aryl methyl sites for hydroxylation is 2. The minimum absolute atomic E-state index is 0.112. The summed E-state index contributed by atoms with van der Waals surface area (Å²) in [4.78, 5) is 18.5. The number of methoxy groups -OCH3 is 1. The van der Waals surface area contributed by atoms with Crippen LogP contribution in [0.1, 0.15) is 45.7 Å². The van der Waals surface area contributed by atoms with E-state index >= 15 is 0 Å². The fourth-order valence-corrected chi connectivity index (χ4v) is 5.91. The minimum Gasteiger partial charge on any atom is -0.469 e. The van der Waals surface area contributed by atoms with Gasteiger partial charge in [-0.05, 0) is 37.3 Å². The van der Waals surface area contributed by atoms with Crippen molar-refractivity contribution >= 4 is 23.0 Å². The number of rotatable bonds is 3. The minimum atomic E-state index is -0.135. The molecule has 1 unspecified atom stereocenters. The van der Waals surface area contributed by atoms with Crippen LogP contribution >= 0.6 is 11.3 Å². The van der Waals surface area contributed by atoms with Crippen LogP contribution in [0.2, 0.25) is 0 Å². The summed E-state index contributed by atoms with van der Waals surface area (Å²) in [5, 5.41) is 9.77. The Kier molecular flexibility index (Phi) is 4.35. The molecule has 0 amide bonds. The van der Waals surface area contributed by atoms with Gasteiger partial charge in [-0.1, -0.05) is 31.2 Å². The predicted octanol–water partition coefficient (Wildman–Crippen LogP) is 3.44. The zero-order valence-electron chi connectivity index (χ0n) is 16.7. The van der Waals surface area contributed by atoms with Gasteiger partial charge in [0.25, 0.3) is 0 Å². The molecule has 0 fully saturated rings. The van der Waals surface area contributed by atoms with Crippen molar-refractivity contribution in [3.05, 3.63) is 63.0 Å². The van der Waals surface area contributed by atoms with Crippen LogP contribution in [0.4, 0.5) is 0 Å². The van der Waals surface area contributed by atoms with E-state index in [2.05, 4.69) is 46.0 Å². The van der Waals surface area contributed by atoms with Crippen molar-refractivity contribution in [2.45, 2.75) is 39.7 Å². The largest absolute Gasteiger partial charge is 0.469 e. The Morgan fingerprint density at radius 3 is 2.90 bits per heavy atom. The normalized spacial score (nSPS) is 17.2. The number of ether oxygens (including phenoxy) is 1. The third kappa shape index (κ3) is 2.75. The van der Waals surface area contributed by atoms with Gasteiger partial charge in [-0.3, -0.25) is 14.4 Å². The molecular weight excluding hydrogens is 384 g/mol. The van der Waals surface area contributed by atoms with Gasteiger partial charge in [0.1, 0.15) is 17.4 Å². The first-order valence-corrected chi connectivity index (χ1v) is 10.7. The number of aliphatic imine (C=N–C) groups is 1. The molecule has 2 aliphatic rings. The third-order valence-electron chi connectivity index (χ3n) is 5.85. The van der Waals surface area contributed by atoms with Gasteiger partial charge in [0.15, 0.2) is 5.82 Å². The Morgan fingerprint density at radius 1 is 1.28 bits per heavy atom. The molecule has 29 heavy (non-hydrogen) atoms. The molecule has 0 radical (unpaired) electrons. The van der Waals surface area contributed by atoms with Gasteiger partial charge in [-0.25, -0.2) is 0 Å². The first kappa shape index (κ1) is 18.2. The Bertz CT molecular complexity index is 1160. The lowest BCUT2D eigenvalue weighted by Gasteiger charge is -2.14. The van der Waals surface area contributed by atoms with E-state index < -0.39 is 0 Å². The number of hydrogen-bond donors (Lipinski definition) is 0. The van der Waals surface area contributed by atoms with E-state index in [-0.39, 0.29) is 11.9 Å². The molecule has 1 aliphatic heterocycles. The monoisotopic (exact) mass is 406 g/mol.